The van der Waals surface area contributed by atoms with E-state index in [9.17, 15) is 8.42 Å². The van der Waals surface area contributed by atoms with Gasteiger partial charge in [-0.25, -0.2) is 8.42 Å². The van der Waals surface area contributed by atoms with Crippen molar-refractivity contribution in [3.8, 4) is 5.75 Å². The molecule has 0 spiro atoms. The molecule has 3 nitrogen and oxygen atoms in total. The summed E-state index contributed by atoms with van der Waals surface area (Å²) in [6.45, 7) is 4.80. The van der Waals surface area contributed by atoms with E-state index in [2.05, 4.69) is 6.92 Å². The Hall–Kier alpha value is -1.03. The lowest BCUT2D eigenvalue weighted by atomic mass is 10.0. The Morgan fingerprint density at radius 2 is 1.14 bits per heavy atom. The number of rotatable bonds is 19. The molecule has 0 saturated heterocycles. The minimum Gasteiger partial charge on any atom is -0.494 e. The molecular weight excluding hydrogens is 380 g/mol. The summed E-state index contributed by atoms with van der Waals surface area (Å²) in [5.74, 6) is 2.09. The monoisotopic (exact) mass is 423 g/mol. The summed E-state index contributed by atoms with van der Waals surface area (Å²) < 4.78 is 29.6. The van der Waals surface area contributed by atoms with Crippen molar-refractivity contribution < 1.29 is 13.2 Å². The molecule has 0 saturated carbocycles. The van der Waals surface area contributed by atoms with Crippen molar-refractivity contribution in [2.75, 3.05) is 6.61 Å². The molecule has 0 fully saturated rings. The number of hydrogen-bond donors (Lipinski definition) is 0. The summed E-state index contributed by atoms with van der Waals surface area (Å²) in [6, 6.07) is 6.75. The van der Waals surface area contributed by atoms with Crippen LogP contribution in [0, 0.1) is 5.75 Å². The van der Waals surface area contributed by atoms with Crippen LogP contribution in [0.4, 0.5) is 0 Å². The fourth-order valence-electron chi connectivity index (χ4n) is 3.53. The van der Waals surface area contributed by atoms with Crippen molar-refractivity contribution >= 4 is 9.84 Å². The quantitative estimate of drug-likeness (QED) is 0.212. The Balaban J connectivity index is 1.95. The maximum atomic E-state index is 12.0. The van der Waals surface area contributed by atoms with Crippen LogP contribution >= 0.6 is 0 Å². The molecule has 1 radical (unpaired) electrons. The molecule has 0 aromatic heterocycles. The van der Waals surface area contributed by atoms with E-state index in [1.807, 2.05) is 6.92 Å². The van der Waals surface area contributed by atoms with Crippen molar-refractivity contribution in [3.05, 3.63) is 30.0 Å². The molecule has 0 N–H and O–H groups in total. The first-order chi connectivity index (χ1) is 14.1. The number of unbranched alkanes of at least 4 members (excludes halogenated alkanes) is 13. The predicted octanol–water partition coefficient (Wildman–Crippen LogP) is 7.89. The Labute approximate surface area is 180 Å². The van der Waals surface area contributed by atoms with Crippen LogP contribution in [0.3, 0.4) is 0 Å². The highest BCUT2D eigenvalue weighted by molar-refractivity contribution is 7.93. The minimum atomic E-state index is -3.26. The molecule has 1 aromatic rings. The highest BCUT2D eigenvalue weighted by Gasteiger charge is 2.13. The molecule has 29 heavy (non-hydrogen) atoms. The SMILES string of the molecule is CC[CH]S(=O)(=O)c1ccc(OCCCCCCCCCCCCCCCC)cc1. The molecule has 0 bridgehead atoms. The molecule has 0 unspecified atom stereocenters. The second-order valence-electron chi connectivity index (χ2n) is 8.04. The van der Waals surface area contributed by atoms with Gasteiger partial charge < -0.3 is 4.74 Å². The van der Waals surface area contributed by atoms with Gasteiger partial charge in [-0.1, -0.05) is 97.3 Å². The van der Waals surface area contributed by atoms with Gasteiger partial charge in [0.2, 0.25) is 0 Å². The predicted molar refractivity (Wildman–Crippen MR) is 124 cm³/mol. The first kappa shape index (κ1) is 26.0. The van der Waals surface area contributed by atoms with E-state index >= 15 is 0 Å². The first-order valence-corrected chi connectivity index (χ1v) is 13.5. The molecule has 1 rings (SSSR count). The molecular formula is C25H43O3S. The summed E-state index contributed by atoms with van der Waals surface area (Å²) in [4.78, 5) is 0.336. The van der Waals surface area contributed by atoms with Crippen molar-refractivity contribution in [1.82, 2.24) is 0 Å². The Morgan fingerprint density at radius 3 is 1.59 bits per heavy atom. The molecule has 0 amide bonds. The van der Waals surface area contributed by atoms with Crippen molar-refractivity contribution in [3.63, 3.8) is 0 Å². The largest absolute Gasteiger partial charge is 0.494 e. The zero-order valence-corrected chi connectivity index (χ0v) is 19.6. The Kier molecular flexibility index (Phi) is 15.0. The molecule has 0 heterocycles. The molecule has 0 aliphatic carbocycles. The lowest BCUT2D eigenvalue weighted by molar-refractivity contribution is 0.304. The third-order valence-electron chi connectivity index (χ3n) is 5.30. The van der Waals surface area contributed by atoms with Gasteiger partial charge in [-0.15, -0.1) is 0 Å². The molecule has 0 atom stereocenters. The lowest BCUT2D eigenvalue weighted by Gasteiger charge is -2.08. The molecule has 0 aliphatic heterocycles. The highest BCUT2D eigenvalue weighted by Crippen LogP contribution is 2.20. The first-order valence-electron chi connectivity index (χ1n) is 11.9. The second kappa shape index (κ2) is 16.7. The van der Waals surface area contributed by atoms with Crippen LogP contribution in [0.2, 0.25) is 0 Å². The van der Waals surface area contributed by atoms with Crippen LogP contribution in [0.1, 0.15) is 110 Å². The van der Waals surface area contributed by atoms with Crippen LogP contribution < -0.4 is 4.74 Å². The summed E-state index contributed by atoms with van der Waals surface area (Å²) in [6.07, 6.45) is 19.4. The number of benzene rings is 1. The van der Waals surface area contributed by atoms with Gasteiger partial charge in [-0.05, 0) is 37.1 Å². The van der Waals surface area contributed by atoms with Crippen LogP contribution in [0.15, 0.2) is 29.2 Å². The van der Waals surface area contributed by atoms with Gasteiger partial charge in [0.05, 0.1) is 17.3 Å². The Morgan fingerprint density at radius 1 is 0.690 bits per heavy atom. The average molecular weight is 424 g/mol. The average Bonchev–Trinajstić information content (AvgIpc) is 2.71. The van der Waals surface area contributed by atoms with Crippen molar-refractivity contribution in [2.45, 2.75) is 115 Å². The van der Waals surface area contributed by atoms with E-state index in [1.54, 1.807) is 24.3 Å². The van der Waals surface area contributed by atoms with Crippen molar-refractivity contribution in [2.24, 2.45) is 0 Å². The van der Waals surface area contributed by atoms with Gasteiger partial charge in [0, 0.05) is 0 Å². The standard InChI is InChI=1S/C25H43O3S/c1-3-5-6-7-8-9-10-11-12-13-14-15-16-17-22-28-24-18-20-25(21-19-24)29(26,27)23-4-2/h18-21,23H,3-17,22H2,1-2H3. The van der Waals surface area contributed by atoms with Crippen LogP contribution in [0.5, 0.6) is 5.75 Å². The summed E-state index contributed by atoms with van der Waals surface area (Å²) >= 11 is 0. The normalized spacial score (nSPS) is 11.7. The van der Waals surface area contributed by atoms with E-state index < -0.39 is 9.84 Å². The zero-order chi connectivity index (χ0) is 21.2. The topological polar surface area (TPSA) is 43.4 Å². The van der Waals surface area contributed by atoms with E-state index in [0.29, 0.717) is 17.9 Å². The van der Waals surface area contributed by atoms with Gasteiger partial charge in [0.15, 0.2) is 9.84 Å². The maximum Gasteiger partial charge on any atom is 0.182 e. The fraction of sp³-hybridized carbons (Fsp3) is 0.720. The van der Waals surface area contributed by atoms with Crippen LogP contribution in [-0.4, -0.2) is 15.0 Å². The third kappa shape index (κ3) is 13.0. The van der Waals surface area contributed by atoms with E-state index in [-0.39, 0.29) is 0 Å². The number of ether oxygens (including phenoxy) is 1. The van der Waals surface area contributed by atoms with Gasteiger partial charge >= 0.3 is 0 Å². The fourth-order valence-corrected chi connectivity index (χ4v) is 4.67. The summed E-state index contributed by atoms with van der Waals surface area (Å²) in [5.41, 5.74) is 0. The van der Waals surface area contributed by atoms with Crippen molar-refractivity contribution in [1.29, 1.82) is 0 Å². The molecule has 167 valence electrons. The van der Waals surface area contributed by atoms with E-state index in [0.717, 1.165) is 12.2 Å². The van der Waals surface area contributed by atoms with Crippen LogP contribution in [-0.2, 0) is 9.84 Å². The van der Waals surface area contributed by atoms with Gasteiger partial charge in [0.25, 0.3) is 0 Å². The smallest absolute Gasteiger partial charge is 0.182 e. The lowest BCUT2D eigenvalue weighted by Crippen LogP contribution is -2.01. The molecule has 1 aromatic carbocycles. The van der Waals surface area contributed by atoms with E-state index in [1.165, 1.54) is 89.2 Å². The minimum absolute atomic E-state index is 0.336. The summed E-state index contributed by atoms with van der Waals surface area (Å²) in [5, 5.41) is 0. The number of hydrogen-bond acceptors (Lipinski definition) is 3. The number of sulfone groups is 1. The maximum absolute atomic E-state index is 12.0. The van der Waals surface area contributed by atoms with Gasteiger partial charge in [-0.2, -0.15) is 0 Å². The van der Waals surface area contributed by atoms with E-state index in [4.69, 9.17) is 4.74 Å². The molecule has 0 aliphatic rings. The zero-order valence-electron chi connectivity index (χ0n) is 18.8. The van der Waals surface area contributed by atoms with Crippen LogP contribution in [0.25, 0.3) is 0 Å². The molecule has 4 heteroatoms. The third-order valence-corrected chi connectivity index (χ3v) is 7.01. The van der Waals surface area contributed by atoms with Gasteiger partial charge in [0.1, 0.15) is 5.75 Å². The summed E-state index contributed by atoms with van der Waals surface area (Å²) in [7, 11) is -3.26. The highest BCUT2D eigenvalue weighted by atomic mass is 32.2. The Bertz CT molecular complexity index is 593. The second-order valence-corrected chi connectivity index (χ2v) is 9.93. The van der Waals surface area contributed by atoms with Gasteiger partial charge in [-0.3, -0.25) is 0 Å².